The quantitative estimate of drug-likeness (QED) is 0.867. The summed E-state index contributed by atoms with van der Waals surface area (Å²) in [5, 5.41) is 2.41. The van der Waals surface area contributed by atoms with Crippen molar-refractivity contribution in [1.82, 2.24) is 0 Å². The van der Waals surface area contributed by atoms with Crippen LogP contribution < -0.4 is 10.5 Å². The van der Waals surface area contributed by atoms with E-state index in [2.05, 4.69) is 44.2 Å². The van der Waals surface area contributed by atoms with Crippen LogP contribution in [0.1, 0.15) is 38.3 Å². The maximum Gasteiger partial charge on any atom is 0.119 e. The van der Waals surface area contributed by atoms with Gasteiger partial charge >= 0.3 is 0 Å². The molecule has 0 aromatic heterocycles. The highest BCUT2D eigenvalue weighted by atomic mass is 16.5. The Morgan fingerprint density at radius 3 is 2.37 bits per heavy atom. The standard InChI is InChI=1S/C17H23NO/c1-12(2)4-9-17(18)15-6-5-14-11-16(19-3)8-7-13(14)10-15/h5-8,10-12,17H,4,9,18H2,1-3H3/t17-/m1/s1. The minimum Gasteiger partial charge on any atom is -0.497 e. The number of hydrogen-bond donors (Lipinski definition) is 1. The largest absolute Gasteiger partial charge is 0.497 e. The Bertz CT molecular complexity index is 548. The van der Waals surface area contributed by atoms with Gasteiger partial charge in [0.1, 0.15) is 5.75 Å². The SMILES string of the molecule is COc1ccc2cc([C@H](N)CCC(C)C)ccc2c1. The molecular weight excluding hydrogens is 234 g/mol. The molecule has 0 unspecified atom stereocenters. The average Bonchev–Trinajstić information content (AvgIpc) is 2.43. The Hall–Kier alpha value is -1.54. The summed E-state index contributed by atoms with van der Waals surface area (Å²) in [6, 6.07) is 12.7. The number of methoxy groups -OCH3 is 1. The summed E-state index contributed by atoms with van der Waals surface area (Å²) >= 11 is 0. The van der Waals surface area contributed by atoms with Crippen LogP contribution in [0.4, 0.5) is 0 Å². The summed E-state index contributed by atoms with van der Waals surface area (Å²) in [6.45, 7) is 4.47. The van der Waals surface area contributed by atoms with E-state index in [1.807, 2.05) is 6.07 Å². The molecular formula is C17H23NO. The molecule has 0 spiro atoms. The summed E-state index contributed by atoms with van der Waals surface area (Å²) < 4.78 is 5.24. The molecule has 19 heavy (non-hydrogen) atoms. The van der Waals surface area contributed by atoms with Crippen LogP contribution in [0.25, 0.3) is 10.8 Å². The van der Waals surface area contributed by atoms with Crippen molar-refractivity contribution in [3.63, 3.8) is 0 Å². The molecule has 2 rings (SSSR count). The van der Waals surface area contributed by atoms with E-state index >= 15 is 0 Å². The summed E-state index contributed by atoms with van der Waals surface area (Å²) in [6.07, 6.45) is 2.21. The van der Waals surface area contributed by atoms with Crippen molar-refractivity contribution in [2.75, 3.05) is 7.11 Å². The Morgan fingerprint density at radius 1 is 1.00 bits per heavy atom. The van der Waals surface area contributed by atoms with E-state index < -0.39 is 0 Å². The van der Waals surface area contributed by atoms with Crippen molar-refractivity contribution in [2.45, 2.75) is 32.7 Å². The van der Waals surface area contributed by atoms with Gasteiger partial charge in [0.15, 0.2) is 0 Å². The van der Waals surface area contributed by atoms with Crippen LogP contribution in [0.3, 0.4) is 0 Å². The molecule has 2 heteroatoms. The molecule has 2 aromatic rings. The fourth-order valence-electron chi connectivity index (χ4n) is 2.28. The van der Waals surface area contributed by atoms with Crippen LogP contribution in [0.2, 0.25) is 0 Å². The molecule has 102 valence electrons. The van der Waals surface area contributed by atoms with E-state index in [1.165, 1.54) is 22.8 Å². The van der Waals surface area contributed by atoms with Crippen molar-refractivity contribution in [2.24, 2.45) is 11.7 Å². The van der Waals surface area contributed by atoms with Crippen molar-refractivity contribution in [3.8, 4) is 5.75 Å². The van der Waals surface area contributed by atoms with Gasteiger partial charge < -0.3 is 10.5 Å². The van der Waals surface area contributed by atoms with E-state index in [0.29, 0.717) is 5.92 Å². The minimum absolute atomic E-state index is 0.133. The van der Waals surface area contributed by atoms with Gasteiger partial charge in [-0.3, -0.25) is 0 Å². The summed E-state index contributed by atoms with van der Waals surface area (Å²) in [5.74, 6) is 1.60. The van der Waals surface area contributed by atoms with Crippen molar-refractivity contribution in [3.05, 3.63) is 42.0 Å². The maximum atomic E-state index is 6.27. The smallest absolute Gasteiger partial charge is 0.119 e. The number of nitrogens with two attached hydrogens (primary N) is 1. The van der Waals surface area contributed by atoms with Gasteiger partial charge in [-0.2, -0.15) is 0 Å². The highest BCUT2D eigenvalue weighted by Gasteiger charge is 2.08. The van der Waals surface area contributed by atoms with Gasteiger partial charge in [0.2, 0.25) is 0 Å². The highest BCUT2D eigenvalue weighted by Crippen LogP contribution is 2.25. The predicted octanol–water partition coefficient (Wildman–Crippen LogP) is 4.28. The van der Waals surface area contributed by atoms with Gasteiger partial charge in [0.05, 0.1) is 7.11 Å². The van der Waals surface area contributed by atoms with Crippen molar-refractivity contribution >= 4 is 10.8 Å². The zero-order valence-electron chi connectivity index (χ0n) is 12.0. The Kier molecular flexibility index (Phi) is 4.43. The molecule has 0 aliphatic rings. The Labute approximate surface area is 115 Å². The first kappa shape index (κ1) is 13.9. The molecule has 0 amide bonds. The van der Waals surface area contributed by atoms with Crippen LogP contribution in [0.5, 0.6) is 5.75 Å². The summed E-state index contributed by atoms with van der Waals surface area (Å²) in [4.78, 5) is 0. The lowest BCUT2D eigenvalue weighted by molar-refractivity contribution is 0.415. The lowest BCUT2D eigenvalue weighted by atomic mass is 9.96. The molecule has 0 fully saturated rings. The van der Waals surface area contributed by atoms with Gasteiger partial charge in [-0.05, 0) is 53.3 Å². The maximum absolute atomic E-state index is 6.27. The summed E-state index contributed by atoms with van der Waals surface area (Å²) in [7, 11) is 1.69. The normalized spacial score (nSPS) is 12.9. The molecule has 0 heterocycles. The van der Waals surface area contributed by atoms with E-state index in [9.17, 15) is 0 Å². The second-order valence-electron chi connectivity index (χ2n) is 5.55. The number of hydrogen-bond acceptors (Lipinski definition) is 2. The molecule has 0 radical (unpaired) electrons. The lowest BCUT2D eigenvalue weighted by Crippen LogP contribution is -2.11. The zero-order valence-corrected chi connectivity index (χ0v) is 12.0. The van der Waals surface area contributed by atoms with Crippen molar-refractivity contribution in [1.29, 1.82) is 0 Å². The van der Waals surface area contributed by atoms with Gasteiger partial charge in [0, 0.05) is 6.04 Å². The van der Waals surface area contributed by atoms with Gasteiger partial charge in [-0.25, -0.2) is 0 Å². The van der Waals surface area contributed by atoms with E-state index in [-0.39, 0.29) is 6.04 Å². The van der Waals surface area contributed by atoms with E-state index in [1.54, 1.807) is 7.11 Å². The number of fused-ring (bicyclic) bond motifs is 1. The monoisotopic (exact) mass is 257 g/mol. The molecule has 0 aliphatic carbocycles. The Balaban J connectivity index is 2.21. The van der Waals surface area contributed by atoms with Crippen LogP contribution >= 0.6 is 0 Å². The predicted molar refractivity (Wildman–Crippen MR) is 81.5 cm³/mol. The average molecular weight is 257 g/mol. The number of benzene rings is 2. The van der Waals surface area contributed by atoms with E-state index in [0.717, 1.165) is 12.2 Å². The third-order valence-corrected chi connectivity index (χ3v) is 3.55. The molecule has 0 saturated heterocycles. The number of ether oxygens (including phenoxy) is 1. The van der Waals surface area contributed by atoms with Crippen LogP contribution in [0.15, 0.2) is 36.4 Å². The molecule has 0 bridgehead atoms. The first-order valence-corrected chi connectivity index (χ1v) is 6.93. The van der Waals surface area contributed by atoms with Gasteiger partial charge in [0.25, 0.3) is 0 Å². The zero-order chi connectivity index (χ0) is 13.8. The Morgan fingerprint density at radius 2 is 1.68 bits per heavy atom. The molecule has 2 nitrogen and oxygen atoms in total. The third-order valence-electron chi connectivity index (χ3n) is 3.55. The van der Waals surface area contributed by atoms with Crippen LogP contribution in [-0.2, 0) is 0 Å². The first-order chi connectivity index (χ1) is 9.10. The fraction of sp³-hybridized carbons (Fsp3) is 0.412. The fourth-order valence-corrected chi connectivity index (χ4v) is 2.28. The molecule has 1 atom stereocenters. The molecule has 0 saturated carbocycles. The second-order valence-corrected chi connectivity index (χ2v) is 5.55. The second kappa shape index (κ2) is 6.07. The van der Waals surface area contributed by atoms with E-state index in [4.69, 9.17) is 10.5 Å². The van der Waals surface area contributed by atoms with Gasteiger partial charge in [-0.15, -0.1) is 0 Å². The number of rotatable bonds is 5. The molecule has 2 aromatic carbocycles. The highest BCUT2D eigenvalue weighted by molar-refractivity contribution is 5.84. The topological polar surface area (TPSA) is 35.2 Å². The first-order valence-electron chi connectivity index (χ1n) is 6.93. The lowest BCUT2D eigenvalue weighted by Gasteiger charge is -2.14. The van der Waals surface area contributed by atoms with Gasteiger partial charge in [-0.1, -0.05) is 32.0 Å². The molecule has 2 N–H and O–H groups in total. The van der Waals surface area contributed by atoms with Crippen LogP contribution in [-0.4, -0.2) is 7.11 Å². The third kappa shape index (κ3) is 3.48. The van der Waals surface area contributed by atoms with Crippen LogP contribution in [0, 0.1) is 5.92 Å². The molecule has 0 aliphatic heterocycles. The minimum atomic E-state index is 0.133. The summed E-state index contributed by atoms with van der Waals surface area (Å²) in [5.41, 5.74) is 7.49. The van der Waals surface area contributed by atoms with Crippen molar-refractivity contribution < 1.29 is 4.74 Å².